The highest BCUT2D eigenvalue weighted by Gasteiger charge is 2.12. The van der Waals surface area contributed by atoms with Gasteiger partial charge in [-0.25, -0.2) is 9.59 Å². The summed E-state index contributed by atoms with van der Waals surface area (Å²) in [6.45, 7) is 5.34. The van der Waals surface area contributed by atoms with Gasteiger partial charge in [-0.05, 0) is 61.7 Å². The van der Waals surface area contributed by atoms with Crippen LogP contribution in [0.4, 0.5) is 5.69 Å². The van der Waals surface area contributed by atoms with Crippen LogP contribution in [0.25, 0.3) is 12.2 Å². The van der Waals surface area contributed by atoms with E-state index in [9.17, 15) is 19.2 Å². The number of aromatic nitrogens is 1. The summed E-state index contributed by atoms with van der Waals surface area (Å²) in [5, 5.41) is 11.9. The lowest BCUT2D eigenvalue weighted by atomic mass is 10.1. The van der Waals surface area contributed by atoms with Gasteiger partial charge in [-0.2, -0.15) is 0 Å². The molecule has 1 heterocycles. The molecule has 0 spiro atoms. The van der Waals surface area contributed by atoms with Crippen LogP contribution in [0.1, 0.15) is 34.0 Å². The first-order valence-electron chi connectivity index (χ1n) is 10.5. The number of amides is 1. The molecule has 9 heteroatoms. The van der Waals surface area contributed by atoms with Gasteiger partial charge in [-0.1, -0.05) is 24.3 Å². The number of ether oxygens (including phenoxy) is 1. The second-order valence-corrected chi connectivity index (χ2v) is 8.59. The molecule has 2 N–H and O–H groups in total. The highest BCUT2D eigenvalue weighted by atomic mass is 32.1. The largest absolute Gasteiger partial charge is 0.478 e. The molecule has 176 valence electrons. The molecule has 34 heavy (non-hydrogen) atoms. The summed E-state index contributed by atoms with van der Waals surface area (Å²) in [4.78, 5) is 49.0. The van der Waals surface area contributed by atoms with Gasteiger partial charge in [0.1, 0.15) is 11.2 Å². The van der Waals surface area contributed by atoms with Crippen molar-refractivity contribution in [2.24, 2.45) is 0 Å². The number of anilines is 1. The maximum Gasteiger partial charge on any atom is 0.335 e. The Morgan fingerprint density at radius 2 is 1.82 bits per heavy atom. The number of thiazole rings is 1. The van der Waals surface area contributed by atoms with Crippen molar-refractivity contribution in [2.45, 2.75) is 27.3 Å². The van der Waals surface area contributed by atoms with Crippen molar-refractivity contribution in [1.82, 2.24) is 4.57 Å². The Hall–Kier alpha value is -3.98. The zero-order valence-electron chi connectivity index (χ0n) is 19.0. The SMILES string of the molecule is CCOC(=O)C=c1sc(=Cc2ccc(C(=O)O)cc2)c(=O)n1CC(=O)Nc1cc(C)ccc1C. The quantitative estimate of drug-likeness (QED) is 0.500. The number of carbonyl (C=O) groups excluding carboxylic acids is 2. The fourth-order valence-electron chi connectivity index (χ4n) is 3.15. The van der Waals surface area contributed by atoms with E-state index in [1.165, 1.54) is 22.8 Å². The molecule has 0 saturated heterocycles. The molecule has 0 aliphatic heterocycles. The molecule has 0 aliphatic rings. The predicted molar refractivity (Wildman–Crippen MR) is 130 cm³/mol. The van der Waals surface area contributed by atoms with Gasteiger partial charge in [-0.3, -0.25) is 14.2 Å². The molecule has 3 rings (SSSR count). The Labute approximate surface area is 199 Å². The fraction of sp³-hybridized carbons (Fsp3) is 0.200. The molecule has 0 atom stereocenters. The van der Waals surface area contributed by atoms with Crippen LogP contribution in [0.3, 0.4) is 0 Å². The number of benzene rings is 2. The van der Waals surface area contributed by atoms with Crippen LogP contribution in [-0.2, 0) is 20.9 Å². The van der Waals surface area contributed by atoms with E-state index in [0.717, 1.165) is 22.5 Å². The maximum absolute atomic E-state index is 13.1. The average molecular weight is 481 g/mol. The Kier molecular flexibility index (Phi) is 7.80. The highest BCUT2D eigenvalue weighted by molar-refractivity contribution is 7.07. The molecule has 0 fully saturated rings. The van der Waals surface area contributed by atoms with E-state index < -0.39 is 23.4 Å². The lowest BCUT2D eigenvalue weighted by molar-refractivity contribution is -0.135. The van der Waals surface area contributed by atoms with Crippen molar-refractivity contribution < 1.29 is 24.2 Å². The van der Waals surface area contributed by atoms with Crippen LogP contribution in [-0.4, -0.2) is 34.1 Å². The molecule has 0 unspecified atom stereocenters. The molecular formula is C25H24N2O6S. The molecular weight excluding hydrogens is 456 g/mol. The summed E-state index contributed by atoms with van der Waals surface area (Å²) in [6, 6.07) is 11.7. The lowest BCUT2D eigenvalue weighted by Gasteiger charge is -2.09. The first kappa shape index (κ1) is 24.7. The number of carboxylic acid groups (broad SMARTS) is 1. The van der Waals surface area contributed by atoms with Gasteiger partial charge < -0.3 is 15.2 Å². The predicted octanol–water partition coefficient (Wildman–Crippen LogP) is 2.04. The number of aromatic carboxylic acids is 1. The van der Waals surface area contributed by atoms with Crippen LogP contribution >= 0.6 is 11.3 Å². The summed E-state index contributed by atoms with van der Waals surface area (Å²) in [5.41, 5.74) is 2.80. The molecule has 0 saturated carbocycles. The van der Waals surface area contributed by atoms with E-state index >= 15 is 0 Å². The van der Waals surface area contributed by atoms with Crippen LogP contribution in [0.2, 0.25) is 0 Å². The van der Waals surface area contributed by atoms with Crippen molar-refractivity contribution in [2.75, 3.05) is 11.9 Å². The second-order valence-electron chi connectivity index (χ2n) is 7.53. The van der Waals surface area contributed by atoms with E-state index in [4.69, 9.17) is 9.84 Å². The highest BCUT2D eigenvalue weighted by Crippen LogP contribution is 2.16. The zero-order valence-corrected chi connectivity index (χ0v) is 19.8. The molecule has 2 aromatic carbocycles. The van der Waals surface area contributed by atoms with Crippen molar-refractivity contribution in [3.63, 3.8) is 0 Å². The Balaban J connectivity index is 2.01. The number of carboxylic acids is 1. The van der Waals surface area contributed by atoms with Gasteiger partial charge in [0.25, 0.3) is 5.56 Å². The van der Waals surface area contributed by atoms with Crippen LogP contribution in [0.15, 0.2) is 47.3 Å². The minimum atomic E-state index is -1.05. The van der Waals surface area contributed by atoms with Gasteiger partial charge >= 0.3 is 11.9 Å². The number of hydrogen-bond donors (Lipinski definition) is 2. The van der Waals surface area contributed by atoms with Crippen molar-refractivity contribution in [3.8, 4) is 0 Å². The van der Waals surface area contributed by atoms with Gasteiger partial charge in [0.15, 0.2) is 0 Å². The van der Waals surface area contributed by atoms with Crippen molar-refractivity contribution >= 4 is 47.0 Å². The van der Waals surface area contributed by atoms with E-state index in [2.05, 4.69) is 5.32 Å². The summed E-state index contributed by atoms with van der Waals surface area (Å²) >= 11 is 1.04. The van der Waals surface area contributed by atoms with Gasteiger partial charge in [0, 0.05) is 5.69 Å². The average Bonchev–Trinajstić information content (AvgIpc) is 3.05. The van der Waals surface area contributed by atoms with Crippen LogP contribution in [0.5, 0.6) is 0 Å². The summed E-state index contributed by atoms with van der Waals surface area (Å²) in [5.74, 6) is -2.08. The second kappa shape index (κ2) is 10.8. The molecule has 0 bridgehead atoms. The van der Waals surface area contributed by atoms with Crippen LogP contribution < -0.4 is 20.1 Å². The number of rotatable bonds is 7. The van der Waals surface area contributed by atoms with Crippen LogP contribution in [0, 0.1) is 13.8 Å². The number of hydrogen-bond acceptors (Lipinski definition) is 6. The summed E-state index contributed by atoms with van der Waals surface area (Å²) < 4.78 is 6.75. The zero-order chi connectivity index (χ0) is 24.8. The third kappa shape index (κ3) is 6.08. The summed E-state index contributed by atoms with van der Waals surface area (Å²) in [7, 11) is 0. The molecule has 0 radical (unpaired) electrons. The lowest BCUT2D eigenvalue weighted by Crippen LogP contribution is -2.36. The first-order chi connectivity index (χ1) is 16.2. The number of nitrogens with one attached hydrogen (secondary N) is 1. The summed E-state index contributed by atoms with van der Waals surface area (Å²) in [6.07, 6.45) is 2.77. The first-order valence-corrected chi connectivity index (χ1v) is 11.3. The third-order valence-corrected chi connectivity index (χ3v) is 5.95. The molecule has 0 aliphatic carbocycles. The van der Waals surface area contributed by atoms with E-state index in [1.807, 2.05) is 32.0 Å². The maximum atomic E-state index is 13.1. The van der Waals surface area contributed by atoms with Gasteiger partial charge in [0.2, 0.25) is 5.91 Å². The smallest absolute Gasteiger partial charge is 0.335 e. The Bertz CT molecular complexity index is 1420. The topological polar surface area (TPSA) is 115 Å². The Morgan fingerprint density at radius 3 is 2.47 bits per heavy atom. The molecule has 1 aromatic heterocycles. The molecule has 1 amide bonds. The van der Waals surface area contributed by atoms with Crippen molar-refractivity contribution in [3.05, 3.63) is 84.3 Å². The normalized spacial score (nSPS) is 12.0. The monoisotopic (exact) mass is 480 g/mol. The number of aryl methyl sites for hydroxylation is 2. The van der Waals surface area contributed by atoms with Crippen molar-refractivity contribution in [1.29, 1.82) is 0 Å². The number of esters is 1. The standard InChI is InChI=1S/C25H24N2O6S/c1-4-33-23(29)13-22-27(14-21(28)26-19-11-15(2)5-6-16(19)3)24(30)20(34-22)12-17-7-9-18(10-8-17)25(31)32/h5-13H,4,14H2,1-3H3,(H,26,28)(H,31,32). The fourth-order valence-corrected chi connectivity index (χ4v) is 4.19. The minimum Gasteiger partial charge on any atom is -0.478 e. The molecule has 3 aromatic rings. The van der Waals surface area contributed by atoms with E-state index in [1.54, 1.807) is 25.1 Å². The van der Waals surface area contributed by atoms with Gasteiger partial charge in [0.05, 0.1) is 22.8 Å². The van der Waals surface area contributed by atoms with Gasteiger partial charge in [-0.15, -0.1) is 11.3 Å². The van der Waals surface area contributed by atoms with E-state index in [0.29, 0.717) is 11.3 Å². The third-order valence-electron chi connectivity index (χ3n) is 4.89. The Morgan fingerprint density at radius 1 is 1.12 bits per heavy atom. The van der Waals surface area contributed by atoms with E-state index in [-0.39, 0.29) is 27.9 Å². The minimum absolute atomic E-state index is 0.125. The number of nitrogens with zero attached hydrogens (tertiary/aromatic N) is 1. The molecule has 8 nitrogen and oxygen atoms in total. The number of carbonyl (C=O) groups is 3.